The predicted octanol–water partition coefficient (Wildman–Crippen LogP) is 4.55. The first-order valence-corrected chi connectivity index (χ1v) is 8.65. The first-order chi connectivity index (χ1) is 13.2. The van der Waals surface area contributed by atoms with Crippen molar-refractivity contribution in [2.45, 2.75) is 13.3 Å². The second-order valence-electron chi connectivity index (χ2n) is 5.99. The van der Waals surface area contributed by atoms with Crippen molar-refractivity contribution in [3.63, 3.8) is 0 Å². The summed E-state index contributed by atoms with van der Waals surface area (Å²) in [7, 11) is 3.21. The highest BCUT2D eigenvalue weighted by atomic mass is 16.5. The molecule has 3 heterocycles. The summed E-state index contributed by atoms with van der Waals surface area (Å²) in [4.78, 5) is 13.3. The fourth-order valence-electron chi connectivity index (χ4n) is 3.03. The van der Waals surface area contributed by atoms with Crippen molar-refractivity contribution in [2.24, 2.45) is 0 Å². The van der Waals surface area contributed by atoms with Crippen molar-refractivity contribution >= 4 is 21.8 Å². The maximum Gasteiger partial charge on any atom is 0.162 e. The lowest BCUT2D eigenvalue weighted by Crippen LogP contribution is -1.97. The number of fused-ring (bicyclic) bond motifs is 2. The van der Waals surface area contributed by atoms with E-state index < -0.39 is 0 Å². The molecular weight excluding hydrogens is 342 g/mol. The number of rotatable bonds is 5. The number of aryl methyl sites for hydroxylation is 1. The minimum Gasteiger partial charge on any atom is -0.493 e. The lowest BCUT2D eigenvalue weighted by atomic mass is 10.1. The van der Waals surface area contributed by atoms with Gasteiger partial charge in [-0.3, -0.25) is 9.97 Å². The van der Waals surface area contributed by atoms with Crippen LogP contribution in [0.3, 0.4) is 0 Å². The number of aromatic nitrogens is 3. The van der Waals surface area contributed by atoms with Gasteiger partial charge >= 0.3 is 0 Å². The van der Waals surface area contributed by atoms with E-state index in [1.165, 1.54) is 0 Å². The molecule has 0 aliphatic heterocycles. The van der Waals surface area contributed by atoms with Crippen LogP contribution in [0, 0.1) is 0 Å². The zero-order valence-electron chi connectivity index (χ0n) is 15.4. The van der Waals surface area contributed by atoms with Crippen molar-refractivity contribution in [2.75, 3.05) is 14.2 Å². The van der Waals surface area contributed by atoms with Gasteiger partial charge in [-0.1, -0.05) is 6.92 Å². The highest BCUT2D eigenvalue weighted by molar-refractivity contribution is 5.88. The van der Waals surface area contributed by atoms with Gasteiger partial charge in [0.1, 0.15) is 11.5 Å². The SMILES string of the molecule is CCc1nc2ccncc2cc1Oc1ccnc2cc(OC)c(OC)cc12. The third-order valence-corrected chi connectivity index (χ3v) is 4.42. The molecule has 0 aliphatic carbocycles. The fourth-order valence-corrected chi connectivity index (χ4v) is 3.03. The molecule has 0 atom stereocenters. The zero-order valence-corrected chi connectivity index (χ0v) is 15.4. The molecule has 0 radical (unpaired) electrons. The Bertz CT molecular complexity index is 1130. The van der Waals surface area contributed by atoms with Gasteiger partial charge in [-0.05, 0) is 30.7 Å². The van der Waals surface area contributed by atoms with E-state index in [4.69, 9.17) is 19.2 Å². The average Bonchev–Trinajstić information content (AvgIpc) is 2.72. The molecule has 1 aromatic carbocycles. The zero-order chi connectivity index (χ0) is 18.8. The van der Waals surface area contributed by atoms with E-state index in [2.05, 4.69) is 16.9 Å². The van der Waals surface area contributed by atoms with E-state index in [0.29, 0.717) is 23.0 Å². The van der Waals surface area contributed by atoms with Crippen LogP contribution in [0.4, 0.5) is 0 Å². The fraction of sp³-hybridized carbons (Fsp3) is 0.190. The van der Waals surface area contributed by atoms with Crippen LogP contribution in [0.2, 0.25) is 0 Å². The van der Waals surface area contributed by atoms with E-state index in [1.807, 2.05) is 30.3 Å². The van der Waals surface area contributed by atoms with Crippen molar-refractivity contribution in [3.8, 4) is 23.0 Å². The van der Waals surface area contributed by atoms with Crippen LogP contribution in [-0.2, 0) is 6.42 Å². The Labute approximate surface area is 156 Å². The molecule has 4 rings (SSSR count). The molecular formula is C21H19N3O3. The summed E-state index contributed by atoms with van der Waals surface area (Å²) in [5.41, 5.74) is 2.55. The molecule has 6 nitrogen and oxygen atoms in total. The number of hydrogen-bond acceptors (Lipinski definition) is 6. The monoisotopic (exact) mass is 361 g/mol. The van der Waals surface area contributed by atoms with Gasteiger partial charge in [-0.2, -0.15) is 0 Å². The first-order valence-electron chi connectivity index (χ1n) is 8.65. The summed E-state index contributed by atoms with van der Waals surface area (Å²) >= 11 is 0. The Morgan fingerprint density at radius 1 is 0.852 bits per heavy atom. The summed E-state index contributed by atoms with van der Waals surface area (Å²) in [5, 5.41) is 1.77. The maximum atomic E-state index is 6.27. The van der Waals surface area contributed by atoms with E-state index >= 15 is 0 Å². The van der Waals surface area contributed by atoms with Crippen LogP contribution in [-0.4, -0.2) is 29.2 Å². The number of hydrogen-bond donors (Lipinski definition) is 0. The van der Waals surface area contributed by atoms with Crippen LogP contribution < -0.4 is 14.2 Å². The lowest BCUT2D eigenvalue weighted by molar-refractivity contribution is 0.355. The molecule has 0 unspecified atom stereocenters. The molecule has 3 aromatic heterocycles. The highest BCUT2D eigenvalue weighted by Crippen LogP contribution is 2.37. The lowest BCUT2D eigenvalue weighted by Gasteiger charge is -2.14. The van der Waals surface area contributed by atoms with Crippen molar-refractivity contribution in [1.82, 2.24) is 15.0 Å². The Balaban J connectivity index is 1.85. The topological polar surface area (TPSA) is 66.4 Å². The molecule has 0 amide bonds. The Morgan fingerprint density at radius 3 is 2.44 bits per heavy atom. The van der Waals surface area contributed by atoms with Crippen LogP contribution in [0.25, 0.3) is 21.8 Å². The molecule has 0 fully saturated rings. The minimum atomic E-state index is 0.624. The molecule has 0 saturated heterocycles. The van der Waals surface area contributed by atoms with Crippen LogP contribution >= 0.6 is 0 Å². The number of methoxy groups -OCH3 is 2. The van der Waals surface area contributed by atoms with Gasteiger partial charge in [-0.25, -0.2) is 4.98 Å². The van der Waals surface area contributed by atoms with E-state index in [-0.39, 0.29) is 0 Å². The normalized spacial score (nSPS) is 10.9. The Morgan fingerprint density at radius 2 is 1.67 bits per heavy atom. The summed E-state index contributed by atoms with van der Waals surface area (Å²) in [6.07, 6.45) is 6.00. The van der Waals surface area contributed by atoms with Crippen LogP contribution in [0.1, 0.15) is 12.6 Å². The molecule has 0 aliphatic rings. The van der Waals surface area contributed by atoms with Crippen LogP contribution in [0.5, 0.6) is 23.0 Å². The third kappa shape index (κ3) is 3.10. The molecule has 0 saturated carbocycles. The molecule has 136 valence electrons. The van der Waals surface area contributed by atoms with E-state index in [9.17, 15) is 0 Å². The summed E-state index contributed by atoms with van der Waals surface area (Å²) in [6.45, 7) is 2.06. The van der Waals surface area contributed by atoms with Gasteiger partial charge in [0.2, 0.25) is 0 Å². The van der Waals surface area contributed by atoms with Crippen molar-refractivity contribution in [3.05, 3.63) is 54.6 Å². The maximum absolute atomic E-state index is 6.27. The molecule has 0 spiro atoms. The molecule has 0 N–H and O–H groups in total. The average molecular weight is 361 g/mol. The van der Waals surface area contributed by atoms with Gasteiger partial charge < -0.3 is 14.2 Å². The number of nitrogens with zero attached hydrogens (tertiary/aromatic N) is 3. The van der Waals surface area contributed by atoms with Gasteiger partial charge in [0.15, 0.2) is 11.5 Å². The molecule has 0 bridgehead atoms. The van der Waals surface area contributed by atoms with Gasteiger partial charge in [0.05, 0.1) is 30.9 Å². The second-order valence-corrected chi connectivity index (χ2v) is 5.99. The highest BCUT2D eigenvalue weighted by Gasteiger charge is 2.13. The Kier molecular flexibility index (Phi) is 4.46. The third-order valence-electron chi connectivity index (χ3n) is 4.42. The number of ether oxygens (including phenoxy) is 3. The predicted molar refractivity (Wildman–Crippen MR) is 104 cm³/mol. The smallest absolute Gasteiger partial charge is 0.162 e. The van der Waals surface area contributed by atoms with Gasteiger partial charge in [0, 0.05) is 35.4 Å². The van der Waals surface area contributed by atoms with Crippen molar-refractivity contribution in [1.29, 1.82) is 0 Å². The van der Waals surface area contributed by atoms with E-state index in [0.717, 1.165) is 33.9 Å². The number of benzene rings is 1. The van der Waals surface area contributed by atoms with Crippen molar-refractivity contribution < 1.29 is 14.2 Å². The Hall–Kier alpha value is -3.41. The molecule has 4 aromatic rings. The summed E-state index contributed by atoms with van der Waals surface area (Å²) in [5.74, 6) is 2.64. The largest absolute Gasteiger partial charge is 0.493 e. The first kappa shape index (κ1) is 17.0. The minimum absolute atomic E-state index is 0.624. The molecule has 27 heavy (non-hydrogen) atoms. The van der Waals surface area contributed by atoms with Gasteiger partial charge in [0.25, 0.3) is 0 Å². The van der Waals surface area contributed by atoms with Gasteiger partial charge in [-0.15, -0.1) is 0 Å². The second kappa shape index (κ2) is 7.07. The van der Waals surface area contributed by atoms with Crippen LogP contribution in [0.15, 0.2) is 48.9 Å². The quantitative estimate of drug-likeness (QED) is 0.519. The standard InChI is InChI=1S/C21H19N3O3/c1-4-15-19(9-13-12-22-7-5-16(13)24-15)27-18-6-8-23-17-11-21(26-3)20(25-2)10-14(17)18/h5-12H,4H2,1-3H3. The van der Waals surface area contributed by atoms with E-state index in [1.54, 1.807) is 32.8 Å². The summed E-state index contributed by atoms with van der Waals surface area (Å²) < 4.78 is 17.1. The molecule has 6 heteroatoms. The summed E-state index contributed by atoms with van der Waals surface area (Å²) in [6, 6.07) is 9.42. The number of pyridine rings is 3.